The molecule has 1 atom stereocenters. The van der Waals surface area contributed by atoms with Gasteiger partial charge in [-0.05, 0) is 29.8 Å². The van der Waals surface area contributed by atoms with Crippen molar-refractivity contribution in [2.24, 2.45) is 5.73 Å². The number of fused-ring (bicyclic) bond motifs is 1. The molecular formula is C22H17N3O2S. The molecule has 0 aliphatic carbocycles. The van der Waals surface area contributed by atoms with Gasteiger partial charge in [-0.15, -0.1) is 0 Å². The molecule has 0 aliphatic rings. The summed E-state index contributed by atoms with van der Waals surface area (Å²) in [6, 6.07) is 25.7. The van der Waals surface area contributed by atoms with Gasteiger partial charge >= 0.3 is 0 Å². The van der Waals surface area contributed by atoms with E-state index in [1.807, 2.05) is 72.8 Å². The van der Waals surface area contributed by atoms with Crippen LogP contribution in [0.25, 0.3) is 16.6 Å². The maximum Gasteiger partial charge on any atom is 0.266 e. The summed E-state index contributed by atoms with van der Waals surface area (Å²) in [5.74, 6) is -0.488. The first kappa shape index (κ1) is 18.0. The van der Waals surface area contributed by atoms with Crippen LogP contribution in [0.15, 0.2) is 94.9 Å². The predicted molar refractivity (Wildman–Crippen MR) is 112 cm³/mol. The molecule has 4 aromatic rings. The molecule has 0 aliphatic heterocycles. The number of aromatic nitrogens is 2. The van der Waals surface area contributed by atoms with Crippen LogP contribution in [0.5, 0.6) is 0 Å². The molecule has 3 aromatic carbocycles. The van der Waals surface area contributed by atoms with Crippen LogP contribution in [-0.2, 0) is 4.79 Å². The van der Waals surface area contributed by atoms with Crippen LogP contribution < -0.4 is 11.3 Å². The molecule has 1 heterocycles. The van der Waals surface area contributed by atoms with Crippen LogP contribution in [0.2, 0.25) is 0 Å². The Labute approximate surface area is 165 Å². The van der Waals surface area contributed by atoms with Crippen molar-refractivity contribution in [2.45, 2.75) is 10.4 Å². The van der Waals surface area contributed by atoms with E-state index in [1.54, 1.807) is 12.1 Å². The standard InChI is InChI=1S/C22H17N3O2S/c23-20(26)19(15-9-3-1-4-10-15)28-22-24-18-14-8-7-13-17(18)21(27)25(22)16-11-5-2-6-12-16/h1-14,19H,(H2,23,26). The van der Waals surface area contributed by atoms with E-state index >= 15 is 0 Å². The molecule has 138 valence electrons. The molecule has 4 rings (SSSR count). The molecule has 2 N–H and O–H groups in total. The number of rotatable bonds is 5. The van der Waals surface area contributed by atoms with Gasteiger partial charge in [0, 0.05) is 0 Å². The highest BCUT2D eigenvalue weighted by atomic mass is 32.2. The Morgan fingerprint density at radius 2 is 1.50 bits per heavy atom. The van der Waals surface area contributed by atoms with Crippen molar-refractivity contribution in [3.63, 3.8) is 0 Å². The highest BCUT2D eigenvalue weighted by Crippen LogP contribution is 2.35. The molecule has 0 radical (unpaired) electrons. The zero-order chi connectivity index (χ0) is 19.5. The summed E-state index contributed by atoms with van der Waals surface area (Å²) < 4.78 is 1.53. The van der Waals surface area contributed by atoms with Crippen molar-refractivity contribution in [3.8, 4) is 5.69 Å². The molecule has 28 heavy (non-hydrogen) atoms. The van der Waals surface area contributed by atoms with E-state index in [0.29, 0.717) is 21.7 Å². The number of hydrogen-bond donors (Lipinski definition) is 1. The Morgan fingerprint density at radius 1 is 0.893 bits per heavy atom. The third-order valence-corrected chi connectivity index (χ3v) is 5.57. The second kappa shape index (κ2) is 7.70. The van der Waals surface area contributed by atoms with Crippen molar-refractivity contribution in [3.05, 3.63) is 101 Å². The number of carbonyl (C=O) groups excluding carboxylic acids is 1. The van der Waals surface area contributed by atoms with Crippen molar-refractivity contribution >= 4 is 28.6 Å². The molecule has 0 spiro atoms. The summed E-state index contributed by atoms with van der Waals surface area (Å²) in [4.78, 5) is 30.1. The molecule has 0 saturated carbocycles. The van der Waals surface area contributed by atoms with Gasteiger partial charge < -0.3 is 5.73 Å². The highest BCUT2D eigenvalue weighted by molar-refractivity contribution is 8.00. The lowest BCUT2D eigenvalue weighted by atomic mass is 10.1. The number of para-hydroxylation sites is 2. The molecule has 1 amide bonds. The quantitative estimate of drug-likeness (QED) is 0.418. The molecule has 1 aromatic heterocycles. The number of nitrogens with two attached hydrogens (primary N) is 1. The van der Waals surface area contributed by atoms with Crippen molar-refractivity contribution < 1.29 is 4.79 Å². The van der Waals surface area contributed by atoms with Crippen molar-refractivity contribution in [1.82, 2.24) is 9.55 Å². The van der Waals surface area contributed by atoms with Crippen LogP contribution in [0, 0.1) is 0 Å². The highest BCUT2D eigenvalue weighted by Gasteiger charge is 2.23. The average molecular weight is 387 g/mol. The van der Waals surface area contributed by atoms with Gasteiger partial charge in [0.15, 0.2) is 5.16 Å². The van der Waals surface area contributed by atoms with Gasteiger partial charge in [0.25, 0.3) is 5.56 Å². The van der Waals surface area contributed by atoms with Crippen molar-refractivity contribution in [2.75, 3.05) is 0 Å². The van der Waals surface area contributed by atoms with E-state index in [1.165, 1.54) is 16.3 Å². The number of thioether (sulfide) groups is 1. The van der Waals surface area contributed by atoms with Crippen LogP contribution in [0.3, 0.4) is 0 Å². The maximum absolute atomic E-state index is 13.2. The maximum atomic E-state index is 13.2. The number of amides is 1. The SMILES string of the molecule is NC(=O)C(Sc1nc2ccccc2c(=O)n1-c1ccccc1)c1ccccc1. The van der Waals surface area contributed by atoms with Crippen LogP contribution in [0.4, 0.5) is 0 Å². The van der Waals surface area contributed by atoms with E-state index in [-0.39, 0.29) is 5.56 Å². The number of carbonyl (C=O) groups is 1. The molecule has 0 saturated heterocycles. The van der Waals surface area contributed by atoms with Gasteiger partial charge in [-0.1, -0.05) is 72.4 Å². The lowest BCUT2D eigenvalue weighted by Gasteiger charge is -2.17. The number of benzene rings is 3. The summed E-state index contributed by atoms with van der Waals surface area (Å²) in [7, 11) is 0. The zero-order valence-electron chi connectivity index (χ0n) is 14.9. The smallest absolute Gasteiger partial charge is 0.266 e. The minimum atomic E-state index is -0.663. The normalized spacial score (nSPS) is 12.0. The number of hydrogen-bond acceptors (Lipinski definition) is 4. The lowest BCUT2D eigenvalue weighted by Crippen LogP contribution is -2.24. The second-order valence-electron chi connectivity index (χ2n) is 6.20. The van der Waals surface area contributed by atoms with E-state index in [0.717, 1.165) is 5.56 Å². The van der Waals surface area contributed by atoms with Crippen LogP contribution >= 0.6 is 11.8 Å². The second-order valence-corrected chi connectivity index (χ2v) is 7.27. The lowest BCUT2D eigenvalue weighted by molar-refractivity contribution is -0.117. The Bertz CT molecular complexity index is 1190. The van der Waals surface area contributed by atoms with Gasteiger partial charge in [-0.25, -0.2) is 4.98 Å². The third-order valence-electron chi connectivity index (χ3n) is 4.34. The topological polar surface area (TPSA) is 78.0 Å². The minimum absolute atomic E-state index is 0.185. The first-order valence-electron chi connectivity index (χ1n) is 8.73. The van der Waals surface area contributed by atoms with Gasteiger partial charge in [0.2, 0.25) is 5.91 Å². The monoisotopic (exact) mass is 387 g/mol. The largest absolute Gasteiger partial charge is 0.368 e. The molecule has 0 bridgehead atoms. The first-order valence-corrected chi connectivity index (χ1v) is 9.61. The third kappa shape index (κ3) is 3.42. The molecule has 1 unspecified atom stereocenters. The van der Waals surface area contributed by atoms with Gasteiger partial charge in [-0.2, -0.15) is 0 Å². The predicted octanol–water partition coefficient (Wildman–Crippen LogP) is 3.70. The summed E-state index contributed by atoms with van der Waals surface area (Å²) >= 11 is 1.18. The van der Waals surface area contributed by atoms with E-state index in [4.69, 9.17) is 5.73 Å². The van der Waals surface area contributed by atoms with E-state index < -0.39 is 11.2 Å². The first-order chi connectivity index (χ1) is 13.6. The number of nitrogens with zero attached hydrogens (tertiary/aromatic N) is 2. The molecular weight excluding hydrogens is 370 g/mol. The Hall–Kier alpha value is -3.38. The minimum Gasteiger partial charge on any atom is -0.368 e. The van der Waals surface area contributed by atoms with Gasteiger partial charge in [0.05, 0.1) is 16.6 Å². The number of primary amides is 1. The fraction of sp³-hybridized carbons (Fsp3) is 0.0455. The summed E-state index contributed by atoms with van der Waals surface area (Å²) in [5.41, 5.74) is 7.53. The van der Waals surface area contributed by atoms with Crippen molar-refractivity contribution in [1.29, 1.82) is 0 Å². The summed E-state index contributed by atoms with van der Waals surface area (Å²) in [6.45, 7) is 0. The fourth-order valence-electron chi connectivity index (χ4n) is 3.02. The van der Waals surface area contributed by atoms with Gasteiger partial charge in [-0.3, -0.25) is 14.2 Å². The Kier molecular flexibility index (Phi) is 4.95. The van der Waals surface area contributed by atoms with E-state index in [9.17, 15) is 9.59 Å². The fourth-order valence-corrected chi connectivity index (χ4v) is 4.08. The van der Waals surface area contributed by atoms with Crippen LogP contribution in [0.1, 0.15) is 10.8 Å². The molecule has 0 fully saturated rings. The zero-order valence-corrected chi connectivity index (χ0v) is 15.7. The molecule has 5 nitrogen and oxygen atoms in total. The summed E-state index contributed by atoms with van der Waals surface area (Å²) in [6.07, 6.45) is 0. The van der Waals surface area contributed by atoms with Crippen LogP contribution in [-0.4, -0.2) is 15.5 Å². The molecule has 6 heteroatoms. The Balaban J connectivity index is 1.92. The summed E-state index contributed by atoms with van der Waals surface area (Å²) in [5, 5.41) is 0.276. The van der Waals surface area contributed by atoms with E-state index in [2.05, 4.69) is 4.98 Å². The average Bonchev–Trinajstić information content (AvgIpc) is 2.73. The Morgan fingerprint density at radius 3 is 2.18 bits per heavy atom. The van der Waals surface area contributed by atoms with Gasteiger partial charge in [0.1, 0.15) is 5.25 Å².